The van der Waals surface area contributed by atoms with Crippen molar-refractivity contribution in [3.05, 3.63) is 90.8 Å². The molecule has 0 aliphatic rings. The number of nitro groups is 1. The minimum atomic E-state index is -0.916. The molecule has 4 aromatic rings. The van der Waals surface area contributed by atoms with E-state index in [1.54, 1.807) is 45.2 Å². The number of fused-ring (bicyclic) bond motifs is 2. The quantitative estimate of drug-likeness (QED) is 0.173. The number of hydrogen-bond donors (Lipinski definition) is 0. The van der Waals surface area contributed by atoms with Gasteiger partial charge in [0.25, 0.3) is 17.2 Å². The third kappa shape index (κ3) is 4.36. The van der Waals surface area contributed by atoms with E-state index >= 15 is 0 Å². The highest BCUT2D eigenvalue weighted by molar-refractivity contribution is 6.34. The van der Waals surface area contributed by atoms with Gasteiger partial charge in [-0.1, -0.05) is 17.7 Å². The number of pyridine rings is 2. The highest BCUT2D eigenvalue weighted by Crippen LogP contribution is 2.23. The van der Waals surface area contributed by atoms with Crippen molar-refractivity contribution in [3.63, 3.8) is 0 Å². The molecule has 0 N–H and O–H groups in total. The topological polar surface area (TPSA) is 138 Å². The molecular weight excluding hydrogens is 490 g/mol. The van der Waals surface area contributed by atoms with Crippen LogP contribution in [0.1, 0.15) is 47.5 Å². The highest BCUT2D eigenvalue weighted by atomic mass is 35.5. The summed E-state index contributed by atoms with van der Waals surface area (Å²) in [5.74, 6) is -1.72. The molecule has 0 unspecified atom stereocenters. The summed E-state index contributed by atoms with van der Waals surface area (Å²) < 4.78 is 8.00. The van der Waals surface area contributed by atoms with E-state index in [1.807, 2.05) is 0 Å². The Labute approximate surface area is 208 Å². The number of hydrogen-bond acceptors (Lipinski definition) is 7. The molecule has 36 heavy (non-hydrogen) atoms. The first-order valence-corrected chi connectivity index (χ1v) is 11.3. The molecule has 1 amide bonds. The van der Waals surface area contributed by atoms with Gasteiger partial charge in [0, 0.05) is 24.4 Å². The molecule has 0 radical (unpaired) electrons. The molecule has 0 bridgehead atoms. The van der Waals surface area contributed by atoms with Crippen molar-refractivity contribution in [2.75, 3.05) is 6.61 Å². The third-order valence-electron chi connectivity index (χ3n) is 5.35. The average molecular weight is 510 g/mol. The van der Waals surface area contributed by atoms with Crippen LogP contribution in [-0.4, -0.2) is 37.4 Å². The van der Waals surface area contributed by atoms with Crippen molar-refractivity contribution in [1.29, 1.82) is 0 Å². The number of ether oxygens (including phenoxy) is 1. The second kappa shape index (κ2) is 9.70. The summed E-state index contributed by atoms with van der Waals surface area (Å²) in [5.41, 5.74) is -0.686. The lowest BCUT2D eigenvalue weighted by molar-refractivity contribution is -0.384. The van der Waals surface area contributed by atoms with E-state index in [2.05, 4.69) is 9.98 Å². The molecule has 184 valence electrons. The van der Waals surface area contributed by atoms with Gasteiger partial charge >= 0.3 is 5.97 Å². The molecule has 3 heterocycles. The van der Waals surface area contributed by atoms with Gasteiger partial charge in [-0.25, -0.2) is 9.78 Å². The van der Waals surface area contributed by atoms with Gasteiger partial charge in [-0.05, 0) is 45.0 Å². The van der Waals surface area contributed by atoms with Crippen molar-refractivity contribution in [1.82, 2.24) is 14.0 Å². The largest absolute Gasteiger partial charge is 0.462 e. The fourth-order valence-electron chi connectivity index (χ4n) is 3.75. The van der Waals surface area contributed by atoms with Gasteiger partial charge in [0.1, 0.15) is 16.9 Å². The standard InChI is InChI=1S/C24H20ClN5O6/c1-4-36-24(33)17-12-16-20(26-19-7-5-6-10-28(19)23(16)32)29(13(2)3)21(17)27-22(31)15-11-14(30(34)35)8-9-18(15)25/h5-13H,4H2,1-3H3. The van der Waals surface area contributed by atoms with Crippen LogP contribution in [0.5, 0.6) is 0 Å². The van der Waals surface area contributed by atoms with Gasteiger partial charge < -0.3 is 9.30 Å². The Bertz CT molecular complexity index is 1690. The third-order valence-corrected chi connectivity index (χ3v) is 5.67. The number of benzene rings is 1. The van der Waals surface area contributed by atoms with E-state index < -0.39 is 28.4 Å². The lowest BCUT2D eigenvalue weighted by atomic mass is 10.1. The van der Waals surface area contributed by atoms with E-state index in [-0.39, 0.29) is 45.0 Å². The van der Waals surface area contributed by atoms with E-state index in [9.17, 15) is 24.5 Å². The lowest BCUT2D eigenvalue weighted by Gasteiger charge is -2.17. The number of nitro benzene ring substituents is 1. The summed E-state index contributed by atoms with van der Waals surface area (Å²) in [6.45, 7) is 5.20. The zero-order valence-corrected chi connectivity index (χ0v) is 20.2. The van der Waals surface area contributed by atoms with Crippen LogP contribution in [0.3, 0.4) is 0 Å². The molecule has 11 nitrogen and oxygen atoms in total. The Morgan fingerprint density at radius 2 is 1.94 bits per heavy atom. The molecule has 0 saturated carbocycles. The van der Waals surface area contributed by atoms with Gasteiger partial charge in [-0.15, -0.1) is 0 Å². The zero-order chi connectivity index (χ0) is 26.1. The van der Waals surface area contributed by atoms with Gasteiger partial charge in [0.05, 0.1) is 27.5 Å². The van der Waals surface area contributed by atoms with Gasteiger partial charge in [-0.2, -0.15) is 4.99 Å². The predicted molar refractivity (Wildman–Crippen MR) is 131 cm³/mol. The summed E-state index contributed by atoms with van der Waals surface area (Å²) in [6, 6.07) is 9.33. The molecule has 0 aliphatic carbocycles. The smallest absolute Gasteiger partial charge is 0.341 e. The SMILES string of the molecule is CCOC(=O)c1cc2c(=O)n3ccccc3nc2n(C(C)C)c1=NC(=O)c1cc([N+](=O)[O-])ccc1Cl. The second-order valence-corrected chi connectivity index (χ2v) is 8.39. The number of non-ortho nitro benzene ring substituents is 1. The fourth-order valence-corrected chi connectivity index (χ4v) is 3.95. The van der Waals surface area contributed by atoms with E-state index in [0.717, 1.165) is 12.1 Å². The van der Waals surface area contributed by atoms with Gasteiger partial charge in [-0.3, -0.25) is 24.1 Å². The minimum Gasteiger partial charge on any atom is -0.462 e. The number of esters is 1. The number of amides is 1. The van der Waals surface area contributed by atoms with Crippen LogP contribution in [-0.2, 0) is 4.74 Å². The molecule has 1 aromatic carbocycles. The second-order valence-electron chi connectivity index (χ2n) is 7.99. The summed E-state index contributed by atoms with van der Waals surface area (Å²) in [5, 5.41) is 11.3. The van der Waals surface area contributed by atoms with Gasteiger partial charge in [0.2, 0.25) is 0 Å². The number of aromatic nitrogens is 3. The fraction of sp³-hybridized carbons (Fsp3) is 0.208. The molecule has 0 saturated heterocycles. The van der Waals surface area contributed by atoms with Crippen molar-refractivity contribution in [2.45, 2.75) is 26.8 Å². The Morgan fingerprint density at radius 3 is 2.61 bits per heavy atom. The first-order valence-electron chi connectivity index (χ1n) is 10.9. The van der Waals surface area contributed by atoms with Crippen molar-refractivity contribution >= 4 is 45.8 Å². The maximum Gasteiger partial charge on any atom is 0.341 e. The molecule has 0 fully saturated rings. The average Bonchev–Trinajstić information content (AvgIpc) is 2.83. The predicted octanol–water partition coefficient (Wildman–Crippen LogP) is 3.71. The molecule has 4 rings (SSSR count). The number of nitrogens with zero attached hydrogens (tertiary/aromatic N) is 5. The molecular formula is C24H20ClN5O6. The number of halogens is 1. The highest BCUT2D eigenvalue weighted by Gasteiger charge is 2.22. The van der Waals surface area contributed by atoms with Crippen molar-refractivity contribution < 1.29 is 19.2 Å². The molecule has 3 aromatic heterocycles. The molecule has 12 heteroatoms. The Balaban J connectivity index is 2.13. The Morgan fingerprint density at radius 1 is 1.19 bits per heavy atom. The van der Waals surface area contributed by atoms with E-state index in [4.69, 9.17) is 16.3 Å². The Hall–Kier alpha value is -4.38. The Kier molecular flexibility index (Phi) is 6.67. The van der Waals surface area contributed by atoms with Crippen LogP contribution in [0.15, 0.2) is 58.4 Å². The van der Waals surface area contributed by atoms with Gasteiger partial charge in [0.15, 0.2) is 5.49 Å². The molecule has 0 atom stereocenters. The van der Waals surface area contributed by atoms with Crippen LogP contribution in [0, 0.1) is 10.1 Å². The summed E-state index contributed by atoms with van der Waals surface area (Å²) in [4.78, 5) is 58.7. The summed E-state index contributed by atoms with van der Waals surface area (Å²) >= 11 is 6.14. The van der Waals surface area contributed by atoms with Crippen molar-refractivity contribution in [2.24, 2.45) is 4.99 Å². The number of rotatable bonds is 5. The van der Waals surface area contributed by atoms with Crippen LogP contribution in [0.25, 0.3) is 16.7 Å². The maximum atomic E-state index is 13.3. The number of carbonyl (C=O) groups excluding carboxylic acids is 2. The monoisotopic (exact) mass is 509 g/mol. The van der Waals surface area contributed by atoms with Crippen LogP contribution < -0.4 is 11.0 Å². The summed E-state index contributed by atoms with van der Waals surface area (Å²) in [6.07, 6.45) is 1.56. The van der Waals surface area contributed by atoms with E-state index in [0.29, 0.717) is 5.65 Å². The van der Waals surface area contributed by atoms with Crippen LogP contribution >= 0.6 is 11.6 Å². The summed E-state index contributed by atoms with van der Waals surface area (Å²) in [7, 11) is 0. The number of carbonyl (C=O) groups is 2. The lowest BCUT2D eigenvalue weighted by Crippen LogP contribution is -2.33. The molecule has 0 spiro atoms. The normalized spacial score (nSPS) is 11.9. The van der Waals surface area contributed by atoms with Crippen molar-refractivity contribution in [3.8, 4) is 0 Å². The first-order chi connectivity index (χ1) is 17.1. The van der Waals surface area contributed by atoms with Crippen LogP contribution in [0.2, 0.25) is 5.02 Å². The zero-order valence-electron chi connectivity index (χ0n) is 19.5. The maximum absolute atomic E-state index is 13.3. The first kappa shape index (κ1) is 24.7. The molecule has 0 aliphatic heterocycles. The van der Waals surface area contributed by atoms with E-state index in [1.165, 1.54) is 21.1 Å². The minimum absolute atomic E-state index is 0.0393. The van der Waals surface area contributed by atoms with Crippen LogP contribution in [0.4, 0.5) is 5.69 Å².